The highest BCUT2D eigenvalue weighted by Gasteiger charge is 2.46. The minimum atomic E-state index is -4.28. The Morgan fingerprint density at radius 2 is 2.00 bits per heavy atom. The Morgan fingerprint density at radius 3 is 2.52 bits per heavy atom. The van der Waals surface area contributed by atoms with Crippen LogP contribution in [0.3, 0.4) is 0 Å². The number of carbonyl (C=O) groups is 2. The van der Waals surface area contributed by atoms with E-state index >= 15 is 0 Å². The first-order valence-corrected chi connectivity index (χ1v) is 8.05. The van der Waals surface area contributed by atoms with E-state index in [1.165, 1.54) is 4.90 Å². The van der Waals surface area contributed by atoms with E-state index in [1.807, 2.05) is 0 Å². The van der Waals surface area contributed by atoms with Crippen molar-refractivity contribution in [2.24, 2.45) is 11.3 Å². The third-order valence-corrected chi connectivity index (χ3v) is 4.77. The molecule has 2 rings (SSSR count). The standard InChI is InChI=1S/C15H23F3N2O3/c1-2-23-12(21)14(6-4-7-14)10-19-13(22)20-8-3-5-11(9-20)15(16,17)18/h11H,2-10H2,1H3,(H,19,22)/t11-/m1/s1. The lowest BCUT2D eigenvalue weighted by molar-refractivity contribution is -0.184. The zero-order valence-corrected chi connectivity index (χ0v) is 13.2. The molecular weight excluding hydrogens is 313 g/mol. The second-order valence-corrected chi connectivity index (χ2v) is 6.34. The van der Waals surface area contributed by atoms with Crippen LogP contribution in [0.4, 0.5) is 18.0 Å². The first-order chi connectivity index (χ1) is 10.8. The Morgan fingerprint density at radius 1 is 1.30 bits per heavy atom. The second-order valence-electron chi connectivity index (χ2n) is 6.34. The molecule has 0 aromatic heterocycles. The van der Waals surface area contributed by atoms with E-state index in [-0.39, 0.29) is 32.1 Å². The minimum Gasteiger partial charge on any atom is -0.466 e. The molecule has 1 saturated heterocycles. The van der Waals surface area contributed by atoms with Gasteiger partial charge in [-0.1, -0.05) is 6.42 Å². The molecule has 0 unspecified atom stereocenters. The summed E-state index contributed by atoms with van der Waals surface area (Å²) in [4.78, 5) is 25.3. The molecule has 2 aliphatic rings. The molecule has 1 aliphatic heterocycles. The summed E-state index contributed by atoms with van der Waals surface area (Å²) in [6, 6.07) is -0.533. The Kier molecular flexibility index (Phi) is 5.41. The Hall–Kier alpha value is -1.47. The molecule has 5 nitrogen and oxygen atoms in total. The maximum atomic E-state index is 12.8. The zero-order chi connectivity index (χ0) is 17.1. The predicted octanol–water partition coefficient (Wildman–Crippen LogP) is 2.70. The average Bonchev–Trinajstić information content (AvgIpc) is 2.45. The number of halogens is 3. The molecule has 0 spiro atoms. The summed E-state index contributed by atoms with van der Waals surface area (Å²) < 4.78 is 43.4. The van der Waals surface area contributed by atoms with Gasteiger partial charge >= 0.3 is 18.2 Å². The van der Waals surface area contributed by atoms with Gasteiger partial charge in [-0.3, -0.25) is 4.79 Å². The van der Waals surface area contributed by atoms with Crippen LogP contribution in [-0.2, 0) is 9.53 Å². The van der Waals surface area contributed by atoms with Gasteiger partial charge in [0.05, 0.1) is 17.9 Å². The highest BCUT2D eigenvalue weighted by molar-refractivity contribution is 5.80. The van der Waals surface area contributed by atoms with Crippen LogP contribution in [0.15, 0.2) is 0 Å². The lowest BCUT2D eigenvalue weighted by Gasteiger charge is -2.40. The van der Waals surface area contributed by atoms with Gasteiger partial charge in [-0.25, -0.2) is 4.79 Å². The number of hydrogen-bond acceptors (Lipinski definition) is 3. The molecular formula is C15H23F3N2O3. The van der Waals surface area contributed by atoms with Crippen LogP contribution in [0.2, 0.25) is 0 Å². The molecule has 1 saturated carbocycles. The molecule has 1 aliphatic carbocycles. The monoisotopic (exact) mass is 336 g/mol. The lowest BCUT2D eigenvalue weighted by atomic mass is 9.68. The lowest BCUT2D eigenvalue weighted by Crippen LogP contribution is -2.53. The number of likely N-dealkylation sites (tertiary alicyclic amines) is 1. The van der Waals surface area contributed by atoms with Crippen LogP contribution in [0.5, 0.6) is 0 Å². The fraction of sp³-hybridized carbons (Fsp3) is 0.867. The van der Waals surface area contributed by atoms with E-state index in [9.17, 15) is 22.8 Å². The fourth-order valence-electron chi connectivity index (χ4n) is 3.13. The Bertz CT molecular complexity index is 450. The zero-order valence-electron chi connectivity index (χ0n) is 13.2. The molecule has 132 valence electrons. The van der Waals surface area contributed by atoms with Crippen LogP contribution < -0.4 is 5.32 Å². The van der Waals surface area contributed by atoms with Crippen molar-refractivity contribution in [2.45, 2.75) is 45.2 Å². The minimum absolute atomic E-state index is 0.0556. The van der Waals surface area contributed by atoms with Gasteiger partial charge in [0.15, 0.2) is 0 Å². The van der Waals surface area contributed by atoms with E-state index < -0.39 is 23.5 Å². The number of carbonyl (C=O) groups excluding carboxylic acids is 2. The quantitative estimate of drug-likeness (QED) is 0.803. The summed E-state index contributed by atoms with van der Waals surface area (Å²) in [6.45, 7) is 2.10. The molecule has 0 radical (unpaired) electrons. The average molecular weight is 336 g/mol. The van der Waals surface area contributed by atoms with E-state index in [2.05, 4.69) is 5.32 Å². The summed E-state index contributed by atoms with van der Waals surface area (Å²) in [5.74, 6) is -1.80. The maximum absolute atomic E-state index is 12.8. The molecule has 0 aromatic carbocycles. The summed E-state index contributed by atoms with van der Waals surface area (Å²) in [7, 11) is 0. The topological polar surface area (TPSA) is 58.6 Å². The van der Waals surface area contributed by atoms with E-state index in [4.69, 9.17) is 4.74 Å². The third-order valence-electron chi connectivity index (χ3n) is 4.77. The molecule has 8 heteroatoms. The number of hydrogen-bond donors (Lipinski definition) is 1. The van der Waals surface area contributed by atoms with Gasteiger partial charge in [0.25, 0.3) is 0 Å². The van der Waals surface area contributed by atoms with Crippen LogP contribution in [-0.4, -0.2) is 49.3 Å². The molecule has 23 heavy (non-hydrogen) atoms. The maximum Gasteiger partial charge on any atom is 0.393 e. The van der Waals surface area contributed by atoms with Crippen molar-refractivity contribution in [1.82, 2.24) is 10.2 Å². The largest absolute Gasteiger partial charge is 0.466 e. The number of ether oxygens (including phenoxy) is 1. The third kappa shape index (κ3) is 4.09. The number of rotatable bonds is 4. The predicted molar refractivity (Wildman–Crippen MR) is 76.7 cm³/mol. The van der Waals surface area contributed by atoms with Crippen LogP contribution in [0.25, 0.3) is 0 Å². The number of nitrogens with zero attached hydrogens (tertiary/aromatic N) is 1. The molecule has 0 aromatic rings. The number of esters is 1. The summed E-state index contributed by atoms with van der Waals surface area (Å²) >= 11 is 0. The number of nitrogens with one attached hydrogen (secondary N) is 1. The van der Waals surface area contributed by atoms with E-state index in [1.54, 1.807) is 6.92 Å². The van der Waals surface area contributed by atoms with Crippen LogP contribution >= 0.6 is 0 Å². The van der Waals surface area contributed by atoms with Gasteiger partial charge in [0.1, 0.15) is 0 Å². The summed E-state index contributed by atoms with van der Waals surface area (Å²) in [5.41, 5.74) is -0.703. The van der Waals surface area contributed by atoms with Crippen LogP contribution in [0, 0.1) is 11.3 Å². The van der Waals surface area contributed by atoms with E-state index in [0.717, 1.165) is 6.42 Å². The van der Waals surface area contributed by atoms with Gasteiger partial charge in [0, 0.05) is 19.6 Å². The first-order valence-electron chi connectivity index (χ1n) is 8.05. The van der Waals surface area contributed by atoms with Crippen LogP contribution in [0.1, 0.15) is 39.0 Å². The Balaban J connectivity index is 1.88. The molecule has 1 atom stereocenters. The molecule has 2 amide bonds. The molecule has 2 fully saturated rings. The van der Waals surface area contributed by atoms with E-state index in [0.29, 0.717) is 25.8 Å². The van der Waals surface area contributed by atoms with Crippen molar-refractivity contribution in [2.75, 3.05) is 26.2 Å². The smallest absolute Gasteiger partial charge is 0.393 e. The first kappa shape index (κ1) is 17.9. The van der Waals surface area contributed by atoms with Gasteiger partial charge in [-0.15, -0.1) is 0 Å². The van der Waals surface area contributed by atoms with Crippen molar-refractivity contribution in [1.29, 1.82) is 0 Å². The van der Waals surface area contributed by atoms with Gasteiger partial charge < -0.3 is 15.0 Å². The summed E-state index contributed by atoms with van der Waals surface area (Å²) in [6.07, 6.45) is -1.73. The van der Waals surface area contributed by atoms with Crippen molar-refractivity contribution in [3.63, 3.8) is 0 Å². The van der Waals surface area contributed by atoms with Crippen molar-refractivity contribution in [3.05, 3.63) is 0 Å². The number of piperidine rings is 1. The SMILES string of the molecule is CCOC(=O)C1(CNC(=O)N2CCC[C@@H](C(F)(F)F)C2)CCC1. The Labute approximate surface area is 133 Å². The highest BCUT2D eigenvalue weighted by Crippen LogP contribution is 2.41. The van der Waals surface area contributed by atoms with Crippen molar-refractivity contribution in [3.8, 4) is 0 Å². The molecule has 1 heterocycles. The number of urea groups is 1. The molecule has 1 N–H and O–H groups in total. The second kappa shape index (κ2) is 6.97. The van der Waals surface area contributed by atoms with Crippen molar-refractivity contribution >= 4 is 12.0 Å². The summed E-state index contributed by atoms with van der Waals surface area (Å²) in [5, 5.41) is 2.63. The van der Waals surface area contributed by atoms with Crippen molar-refractivity contribution < 1.29 is 27.5 Å². The molecule has 0 bridgehead atoms. The van der Waals surface area contributed by atoms with Gasteiger partial charge in [-0.05, 0) is 32.6 Å². The fourth-order valence-corrected chi connectivity index (χ4v) is 3.13. The number of alkyl halides is 3. The van der Waals surface area contributed by atoms with Gasteiger partial charge in [-0.2, -0.15) is 13.2 Å². The normalized spacial score (nSPS) is 23.8. The highest BCUT2D eigenvalue weighted by atomic mass is 19.4. The van der Waals surface area contributed by atoms with Gasteiger partial charge in [0.2, 0.25) is 0 Å². The number of amides is 2.